The molecule has 4 nitrogen and oxygen atoms in total. The topological polar surface area (TPSA) is 49.4 Å². The van der Waals surface area contributed by atoms with Gasteiger partial charge in [0.15, 0.2) is 0 Å². The second-order valence-corrected chi connectivity index (χ2v) is 7.15. The second-order valence-electron chi connectivity index (χ2n) is 5.82. The van der Waals surface area contributed by atoms with Gasteiger partial charge in [0.2, 0.25) is 11.8 Å². The number of amides is 2. The Morgan fingerprint density at radius 3 is 2.61 bits per heavy atom. The van der Waals surface area contributed by atoms with Crippen molar-refractivity contribution < 1.29 is 14.0 Å². The first-order chi connectivity index (χ1) is 11.0. The molecule has 1 aliphatic rings. The molecule has 0 aromatic heterocycles. The Morgan fingerprint density at radius 1 is 1.35 bits per heavy atom. The van der Waals surface area contributed by atoms with E-state index in [0.29, 0.717) is 24.4 Å². The molecule has 1 heterocycles. The van der Waals surface area contributed by atoms with Crippen LogP contribution in [-0.4, -0.2) is 41.6 Å². The molecule has 126 valence electrons. The first-order valence-corrected chi connectivity index (χ1v) is 8.93. The third kappa shape index (κ3) is 5.23. The van der Waals surface area contributed by atoms with Crippen LogP contribution in [0.15, 0.2) is 24.3 Å². The average Bonchev–Trinajstić information content (AvgIpc) is 2.53. The zero-order valence-electron chi connectivity index (χ0n) is 13.5. The molecule has 0 unspecified atom stereocenters. The van der Waals surface area contributed by atoms with Gasteiger partial charge >= 0.3 is 0 Å². The third-order valence-corrected chi connectivity index (χ3v) is 5.30. The largest absolute Gasteiger partial charge is 0.353 e. The molecule has 23 heavy (non-hydrogen) atoms. The molecule has 1 atom stereocenters. The Labute approximate surface area is 140 Å². The number of nitrogens with zero attached hydrogens (tertiary/aromatic N) is 1. The monoisotopic (exact) mass is 338 g/mol. The third-order valence-electron chi connectivity index (χ3n) is 4.11. The fourth-order valence-corrected chi connectivity index (χ4v) is 3.56. The molecule has 1 aromatic rings. The van der Waals surface area contributed by atoms with E-state index in [1.807, 2.05) is 6.92 Å². The lowest BCUT2D eigenvalue weighted by molar-refractivity contribution is -0.130. The highest BCUT2D eigenvalue weighted by Gasteiger charge is 2.22. The number of benzene rings is 1. The molecule has 0 bridgehead atoms. The van der Waals surface area contributed by atoms with Crippen LogP contribution in [0.5, 0.6) is 0 Å². The maximum Gasteiger partial charge on any atom is 0.230 e. The van der Waals surface area contributed by atoms with Gasteiger partial charge in [-0.2, -0.15) is 0 Å². The summed E-state index contributed by atoms with van der Waals surface area (Å²) in [4.78, 5) is 25.1. The van der Waals surface area contributed by atoms with Crippen molar-refractivity contribution in [3.63, 3.8) is 0 Å². The average molecular weight is 338 g/mol. The molecule has 1 aromatic carbocycles. The molecule has 2 amide bonds. The number of rotatable bonds is 5. The Kier molecular flexibility index (Phi) is 6.45. The Bertz CT molecular complexity index is 559. The zero-order chi connectivity index (χ0) is 16.8. The number of hydrogen-bond donors (Lipinski definition) is 1. The van der Waals surface area contributed by atoms with Crippen LogP contribution in [-0.2, 0) is 9.59 Å². The Balaban J connectivity index is 1.73. The Hall–Kier alpha value is -1.56. The summed E-state index contributed by atoms with van der Waals surface area (Å²) in [6.07, 6.45) is 1.58. The van der Waals surface area contributed by atoms with Gasteiger partial charge in [-0.1, -0.05) is 18.2 Å². The molecule has 1 fully saturated rings. The summed E-state index contributed by atoms with van der Waals surface area (Å²) < 4.78 is 13.7. The van der Waals surface area contributed by atoms with Crippen LogP contribution in [0.3, 0.4) is 0 Å². The standard InChI is InChI=1S/C17H23FN2O2S/c1-12(15-5-3-4-6-16(15)18)23-11-17(22)19-14-7-9-20(10-8-14)13(2)21/h3-6,12,14H,7-11H2,1-2H3,(H,19,22)/t12-/m0/s1. The van der Waals surface area contributed by atoms with E-state index in [4.69, 9.17) is 0 Å². The van der Waals surface area contributed by atoms with E-state index in [0.717, 1.165) is 12.8 Å². The van der Waals surface area contributed by atoms with E-state index in [-0.39, 0.29) is 28.9 Å². The molecule has 0 aliphatic carbocycles. The molecule has 0 saturated carbocycles. The van der Waals surface area contributed by atoms with Gasteiger partial charge in [0.1, 0.15) is 5.82 Å². The maximum atomic E-state index is 13.7. The van der Waals surface area contributed by atoms with Crippen LogP contribution in [0.1, 0.15) is 37.5 Å². The molecule has 6 heteroatoms. The van der Waals surface area contributed by atoms with Crippen molar-refractivity contribution in [2.75, 3.05) is 18.8 Å². The Morgan fingerprint density at radius 2 is 2.00 bits per heavy atom. The van der Waals surface area contributed by atoms with Gasteiger partial charge in [-0.05, 0) is 25.8 Å². The summed E-state index contributed by atoms with van der Waals surface area (Å²) in [6, 6.07) is 6.79. The summed E-state index contributed by atoms with van der Waals surface area (Å²) >= 11 is 1.43. The van der Waals surface area contributed by atoms with E-state index in [2.05, 4.69) is 5.32 Å². The van der Waals surface area contributed by atoms with Crippen molar-refractivity contribution in [1.29, 1.82) is 0 Å². The lowest BCUT2D eigenvalue weighted by atomic mass is 10.1. The normalized spacial score (nSPS) is 16.9. The lowest BCUT2D eigenvalue weighted by Gasteiger charge is -2.31. The van der Waals surface area contributed by atoms with Gasteiger partial charge in [0, 0.05) is 36.9 Å². The number of carbonyl (C=O) groups excluding carboxylic acids is 2. The van der Waals surface area contributed by atoms with Crippen molar-refractivity contribution >= 4 is 23.6 Å². The van der Waals surface area contributed by atoms with E-state index >= 15 is 0 Å². The highest BCUT2D eigenvalue weighted by Crippen LogP contribution is 2.29. The predicted molar refractivity (Wildman–Crippen MR) is 90.7 cm³/mol. The van der Waals surface area contributed by atoms with Crippen LogP contribution in [0.2, 0.25) is 0 Å². The quantitative estimate of drug-likeness (QED) is 0.898. The van der Waals surface area contributed by atoms with Crippen LogP contribution in [0.25, 0.3) is 0 Å². The summed E-state index contributed by atoms with van der Waals surface area (Å²) in [5, 5.41) is 2.94. The summed E-state index contributed by atoms with van der Waals surface area (Å²) in [6.45, 7) is 4.86. The molecule has 1 N–H and O–H groups in total. The first kappa shape index (κ1) is 17.8. The van der Waals surface area contributed by atoms with Crippen molar-refractivity contribution in [2.24, 2.45) is 0 Å². The molecule has 1 saturated heterocycles. The molecule has 1 aliphatic heterocycles. The number of thioether (sulfide) groups is 1. The molecule has 0 spiro atoms. The zero-order valence-corrected chi connectivity index (χ0v) is 14.4. The van der Waals surface area contributed by atoms with Gasteiger partial charge in [-0.25, -0.2) is 4.39 Å². The van der Waals surface area contributed by atoms with E-state index < -0.39 is 0 Å². The minimum absolute atomic E-state index is 0.0283. The molecular weight excluding hydrogens is 315 g/mol. The predicted octanol–water partition coefficient (Wildman–Crippen LogP) is 2.75. The first-order valence-electron chi connectivity index (χ1n) is 7.88. The number of likely N-dealkylation sites (tertiary alicyclic amines) is 1. The van der Waals surface area contributed by atoms with Crippen LogP contribution in [0, 0.1) is 5.82 Å². The molecule has 0 radical (unpaired) electrons. The van der Waals surface area contributed by atoms with Crippen LogP contribution >= 0.6 is 11.8 Å². The number of nitrogens with one attached hydrogen (secondary N) is 1. The number of carbonyl (C=O) groups is 2. The number of piperidine rings is 1. The smallest absolute Gasteiger partial charge is 0.230 e. The summed E-state index contributed by atoms with van der Waals surface area (Å²) in [7, 11) is 0. The van der Waals surface area contributed by atoms with E-state index in [1.54, 1.807) is 30.0 Å². The highest BCUT2D eigenvalue weighted by molar-refractivity contribution is 8.00. The minimum atomic E-state index is -0.232. The fourth-order valence-electron chi connectivity index (χ4n) is 2.70. The van der Waals surface area contributed by atoms with Crippen molar-refractivity contribution in [2.45, 2.75) is 38.0 Å². The van der Waals surface area contributed by atoms with E-state index in [1.165, 1.54) is 17.8 Å². The minimum Gasteiger partial charge on any atom is -0.353 e. The van der Waals surface area contributed by atoms with Gasteiger partial charge < -0.3 is 10.2 Å². The summed E-state index contributed by atoms with van der Waals surface area (Å²) in [5.74, 6) is 0.135. The van der Waals surface area contributed by atoms with E-state index in [9.17, 15) is 14.0 Å². The van der Waals surface area contributed by atoms with Gasteiger partial charge in [-0.3, -0.25) is 9.59 Å². The lowest BCUT2D eigenvalue weighted by Crippen LogP contribution is -2.46. The van der Waals surface area contributed by atoms with Crippen molar-refractivity contribution in [3.8, 4) is 0 Å². The molecule has 2 rings (SSSR count). The maximum absolute atomic E-state index is 13.7. The number of halogens is 1. The number of hydrogen-bond acceptors (Lipinski definition) is 3. The van der Waals surface area contributed by atoms with Crippen molar-refractivity contribution in [3.05, 3.63) is 35.6 Å². The van der Waals surface area contributed by atoms with Crippen LogP contribution in [0.4, 0.5) is 4.39 Å². The molecular formula is C17H23FN2O2S. The highest BCUT2D eigenvalue weighted by atomic mass is 32.2. The van der Waals surface area contributed by atoms with Gasteiger partial charge in [0.25, 0.3) is 0 Å². The second kappa shape index (κ2) is 8.34. The fraction of sp³-hybridized carbons (Fsp3) is 0.529. The SMILES string of the molecule is CC(=O)N1CCC(NC(=O)CS[C@@H](C)c2ccccc2F)CC1. The van der Waals surface area contributed by atoms with Gasteiger partial charge in [0.05, 0.1) is 5.75 Å². The van der Waals surface area contributed by atoms with Crippen LogP contribution < -0.4 is 5.32 Å². The van der Waals surface area contributed by atoms with Gasteiger partial charge in [-0.15, -0.1) is 11.8 Å². The summed E-state index contributed by atoms with van der Waals surface area (Å²) in [5.41, 5.74) is 0.625. The van der Waals surface area contributed by atoms with Crippen molar-refractivity contribution in [1.82, 2.24) is 10.2 Å².